The van der Waals surface area contributed by atoms with Crippen molar-refractivity contribution in [2.24, 2.45) is 5.92 Å². The average molecular weight is 276 g/mol. The van der Waals surface area contributed by atoms with Crippen LogP contribution in [0.4, 0.5) is 4.79 Å². The molecule has 0 radical (unpaired) electrons. The lowest BCUT2D eigenvalue weighted by Gasteiger charge is -2.23. The molecular weight excluding hydrogens is 252 g/mol. The zero-order valence-electron chi connectivity index (χ0n) is 12.4. The summed E-state index contributed by atoms with van der Waals surface area (Å²) in [6.45, 7) is 6.23. The standard InChI is InChI=1S/C16H24N2O2/c1-4-10(2)11(3)17-16(20)18-15-13-8-6-5-7-12(13)9-14(15)19/h5-8,10-11,14-15,19H,4,9H2,1-3H3,(H2,17,18,20)/t10?,11?,14-,15+/m0/s1. The summed E-state index contributed by atoms with van der Waals surface area (Å²) in [6, 6.07) is 7.46. The van der Waals surface area contributed by atoms with Gasteiger partial charge in [0, 0.05) is 12.5 Å². The number of aliphatic hydroxyl groups excluding tert-OH is 1. The van der Waals surface area contributed by atoms with Crippen molar-refractivity contribution in [1.29, 1.82) is 0 Å². The maximum absolute atomic E-state index is 12.1. The fraction of sp³-hybridized carbons (Fsp3) is 0.562. The number of hydrogen-bond acceptors (Lipinski definition) is 2. The lowest BCUT2D eigenvalue weighted by atomic mass is 10.0. The van der Waals surface area contributed by atoms with Gasteiger partial charge in [0.25, 0.3) is 0 Å². The van der Waals surface area contributed by atoms with Crippen LogP contribution in [0.2, 0.25) is 0 Å². The molecule has 0 saturated heterocycles. The van der Waals surface area contributed by atoms with Crippen molar-refractivity contribution in [2.75, 3.05) is 0 Å². The number of rotatable bonds is 4. The third-order valence-corrected chi connectivity index (χ3v) is 4.35. The molecule has 0 bridgehead atoms. The molecule has 1 aromatic rings. The van der Waals surface area contributed by atoms with E-state index >= 15 is 0 Å². The first-order valence-corrected chi connectivity index (χ1v) is 7.35. The molecular formula is C16H24N2O2. The SMILES string of the molecule is CCC(C)C(C)NC(=O)N[C@@H]1c2ccccc2C[C@@H]1O. The number of carbonyl (C=O) groups is 1. The Morgan fingerprint density at radius 1 is 1.40 bits per heavy atom. The topological polar surface area (TPSA) is 61.4 Å². The van der Waals surface area contributed by atoms with Crippen LogP contribution in [0.5, 0.6) is 0 Å². The number of benzene rings is 1. The first kappa shape index (κ1) is 14.9. The molecule has 20 heavy (non-hydrogen) atoms. The average Bonchev–Trinajstić information content (AvgIpc) is 2.74. The van der Waals surface area contributed by atoms with E-state index in [-0.39, 0.29) is 18.1 Å². The highest BCUT2D eigenvalue weighted by atomic mass is 16.3. The molecule has 0 heterocycles. The zero-order chi connectivity index (χ0) is 14.7. The molecule has 1 aliphatic rings. The van der Waals surface area contributed by atoms with Crippen LogP contribution in [-0.4, -0.2) is 23.3 Å². The molecule has 3 N–H and O–H groups in total. The minimum absolute atomic E-state index is 0.119. The van der Waals surface area contributed by atoms with Crippen LogP contribution in [0.1, 0.15) is 44.4 Å². The predicted octanol–water partition coefficient (Wildman–Crippen LogP) is 2.38. The summed E-state index contributed by atoms with van der Waals surface area (Å²) in [5.41, 5.74) is 2.13. The summed E-state index contributed by atoms with van der Waals surface area (Å²) in [7, 11) is 0. The van der Waals surface area contributed by atoms with Crippen LogP contribution in [0, 0.1) is 5.92 Å². The summed E-state index contributed by atoms with van der Waals surface area (Å²) in [5, 5.41) is 15.9. The van der Waals surface area contributed by atoms with Crippen molar-refractivity contribution in [2.45, 2.75) is 51.8 Å². The molecule has 110 valence electrons. The van der Waals surface area contributed by atoms with Crippen molar-refractivity contribution in [3.8, 4) is 0 Å². The minimum Gasteiger partial charge on any atom is -0.390 e. The number of urea groups is 1. The van der Waals surface area contributed by atoms with Crippen molar-refractivity contribution < 1.29 is 9.90 Å². The van der Waals surface area contributed by atoms with Gasteiger partial charge in [-0.3, -0.25) is 0 Å². The van der Waals surface area contributed by atoms with Crippen molar-refractivity contribution in [1.82, 2.24) is 10.6 Å². The number of carbonyl (C=O) groups excluding carboxylic acids is 1. The summed E-state index contributed by atoms with van der Waals surface area (Å²) in [6.07, 6.45) is 1.08. The Morgan fingerprint density at radius 2 is 2.10 bits per heavy atom. The number of aliphatic hydroxyl groups is 1. The summed E-state index contributed by atoms with van der Waals surface area (Å²) in [4.78, 5) is 12.1. The van der Waals surface area contributed by atoms with E-state index in [1.54, 1.807) is 0 Å². The second-order valence-corrected chi connectivity index (χ2v) is 5.74. The second kappa shape index (κ2) is 6.27. The van der Waals surface area contributed by atoms with Gasteiger partial charge in [0.2, 0.25) is 0 Å². The van der Waals surface area contributed by atoms with E-state index in [2.05, 4.69) is 24.5 Å². The van der Waals surface area contributed by atoms with E-state index in [4.69, 9.17) is 0 Å². The Kier molecular flexibility index (Phi) is 4.65. The fourth-order valence-corrected chi connectivity index (χ4v) is 2.63. The maximum Gasteiger partial charge on any atom is 0.315 e. The van der Waals surface area contributed by atoms with Crippen molar-refractivity contribution in [3.05, 3.63) is 35.4 Å². The van der Waals surface area contributed by atoms with Gasteiger partial charge in [-0.2, -0.15) is 0 Å². The van der Waals surface area contributed by atoms with Crippen molar-refractivity contribution >= 4 is 6.03 Å². The van der Waals surface area contributed by atoms with E-state index < -0.39 is 6.10 Å². The molecule has 4 heteroatoms. The van der Waals surface area contributed by atoms with E-state index in [1.165, 1.54) is 0 Å². The highest BCUT2D eigenvalue weighted by Crippen LogP contribution is 2.31. The van der Waals surface area contributed by atoms with Crippen LogP contribution >= 0.6 is 0 Å². The van der Waals surface area contributed by atoms with E-state index in [9.17, 15) is 9.90 Å². The molecule has 0 spiro atoms. The number of hydrogen-bond donors (Lipinski definition) is 3. The minimum atomic E-state index is -0.544. The van der Waals surface area contributed by atoms with Gasteiger partial charge >= 0.3 is 6.03 Å². The number of fused-ring (bicyclic) bond motifs is 1. The molecule has 2 unspecified atom stereocenters. The molecule has 0 fully saturated rings. The highest BCUT2D eigenvalue weighted by Gasteiger charge is 2.32. The van der Waals surface area contributed by atoms with E-state index in [1.807, 2.05) is 31.2 Å². The number of amides is 2. The second-order valence-electron chi connectivity index (χ2n) is 5.74. The summed E-state index contributed by atoms with van der Waals surface area (Å²) >= 11 is 0. The quantitative estimate of drug-likeness (QED) is 0.790. The summed E-state index contributed by atoms with van der Waals surface area (Å²) in [5.74, 6) is 0.432. The molecule has 0 aliphatic heterocycles. The monoisotopic (exact) mass is 276 g/mol. The van der Waals surface area contributed by atoms with Crippen LogP contribution in [0.25, 0.3) is 0 Å². The fourth-order valence-electron chi connectivity index (χ4n) is 2.63. The first-order chi connectivity index (χ1) is 9.52. The molecule has 0 aromatic heterocycles. The van der Waals surface area contributed by atoms with Crippen LogP contribution in [0.3, 0.4) is 0 Å². The zero-order valence-corrected chi connectivity index (χ0v) is 12.4. The van der Waals surface area contributed by atoms with E-state index in [0.717, 1.165) is 17.5 Å². The van der Waals surface area contributed by atoms with Crippen LogP contribution in [-0.2, 0) is 6.42 Å². The Hall–Kier alpha value is -1.55. The van der Waals surface area contributed by atoms with Gasteiger partial charge in [-0.25, -0.2) is 4.79 Å². The molecule has 4 nitrogen and oxygen atoms in total. The normalized spacial score (nSPS) is 23.8. The summed E-state index contributed by atoms with van der Waals surface area (Å²) < 4.78 is 0. The molecule has 0 saturated carbocycles. The maximum atomic E-state index is 12.1. The van der Waals surface area contributed by atoms with Gasteiger partial charge in [0.05, 0.1) is 12.1 Å². The van der Waals surface area contributed by atoms with Gasteiger partial charge in [-0.05, 0) is 24.0 Å². The van der Waals surface area contributed by atoms with Gasteiger partial charge in [-0.1, -0.05) is 44.5 Å². The van der Waals surface area contributed by atoms with Gasteiger partial charge in [0.1, 0.15) is 0 Å². The lowest BCUT2D eigenvalue weighted by Crippen LogP contribution is -2.46. The molecule has 1 aliphatic carbocycles. The predicted molar refractivity (Wildman–Crippen MR) is 79.5 cm³/mol. The van der Waals surface area contributed by atoms with Crippen molar-refractivity contribution in [3.63, 3.8) is 0 Å². The molecule has 4 atom stereocenters. The highest BCUT2D eigenvalue weighted by molar-refractivity contribution is 5.75. The molecule has 2 rings (SSSR count). The Morgan fingerprint density at radius 3 is 2.80 bits per heavy atom. The molecule has 1 aromatic carbocycles. The largest absolute Gasteiger partial charge is 0.390 e. The Labute approximate surface area is 120 Å². The van der Waals surface area contributed by atoms with E-state index in [0.29, 0.717) is 12.3 Å². The van der Waals surface area contributed by atoms with Crippen LogP contribution < -0.4 is 10.6 Å². The van der Waals surface area contributed by atoms with Crippen LogP contribution in [0.15, 0.2) is 24.3 Å². The van der Waals surface area contributed by atoms with Gasteiger partial charge in [0.15, 0.2) is 0 Å². The molecule has 2 amide bonds. The Balaban J connectivity index is 1.98. The third kappa shape index (κ3) is 3.12. The van der Waals surface area contributed by atoms with Gasteiger partial charge in [-0.15, -0.1) is 0 Å². The Bertz CT molecular complexity index is 475. The first-order valence-electron chi connectivity index (χ1n) is 7.35. The van der Waals surface area contributed by atoms with Gasteiger partial charge < -0.3 is 15.7 Å². The third-order valence-electron chi connectivity index (χ3n) is 4.35. The number of nitrogens with one attached hydrogen (secondary N) is 2. The lowest BCUT2D eigenvalue weighted by molar-refractivity contribution is 0.141. The smallest absolute Gasteiger partial charge is 0.315 e.